The van der Waals surface area contributed by atoms with Crippen LogP contribution >= 0.6 is 24.0 Å². The van der Waals surface area contributed by atoms with E-state index >= 15 is 0 Å². The molecular weight excluding hydrogens is 289 g/mol. The van der Waals surface area contributed by atoms with Crippen LogP contribution in [0, 0.1) is 10.1 Å². The lowest BCUT2D eigenvalue weighted by Crippen LogP contribution is -2.42. The van der Waals surface area contributed by atoms with E-state index in [9.17, 15) is 10.1 Å². The Labute approximate surface area is 123 Å². The molecule has 5 nitrogen and oxygen atoms in total. The summed E-state index contributed by atoms with van der Waals surface area (Å²) in [5.74, 6) is 0. The molecule has 0 bridgehead atoms. The molecule has 19 heavy (non-hydrogen) atoms. The highest BCUT2D eigenvalue weighted by Gasteiger charge is 2.21. The van der Waals surface area contributed by atoms with E-state index in [-0.39, 0.29) is 29.1 Å². The second-order valence-electron chi connectivity index (χ2n) is 4.67. The molecule has 1 heterocycles. The maximum atomic E-state index is 11.0. The molecular formula is C12H17Cl2N3O2. The number of hydrogen-bond acceptors (Lipinski definition) is 4. The Kier molecular flexibility index (Phi) is 6.00. The van der Waals surface area contributed by atoms with Crippen LogP contribution < -0.4 is 5.73 Å². The second kappa shape index (κ2) is 7.05. The fraction of sp³-hybridized carbons (Fsp3) is 0.500. The molecule has 106 valence electrons. The topological polar surface area (TPSA) is 72.4 Å². The maximum absolute atomic E-state index is 11.0. The Bertz CT molecular complexity index is 457. The van der Waals surface area contributed by atoms with Gasteiger partial charge in [-0.15, -0.1) is 12.4 Å². The Morgan fingerprint density at radius 2 is 2.26 bits per heavy atom. The molecule has 1 aromatic carbocycles. The van der Waals surface area contributed by atoms with Crippen LogP contribution in [0.4, 0.5) is 5.69 Å². The number of likely N-dealkylation sites (tertiary alicyclic amines) is 1. The fourth-order valence-electron chi connectivity index (χ4n) is 2.33. The first kappa shape index (κ1) is 16.2. The molecule has 2 rings (SSSR count). The highest BCUT2D eigenvalue weighted by molar-refractivity contribution is 6.30. The number of nitrogens with zero attached hydrogens (tertiary/aromatic N) is 2. The van der Waals surface area contributed by atoms with Gasteiger partial charge in [0.15, 0.2) is 0 Å². The summed E-state index contributed by atoms with van der Waals surface area (Å²) in [5, 5.41) is 11.5. The average Bonchev–Trinajstić information content (AvgIpc) is 2.28. The van der Waals surface area contributed by atoms with Gasteiger partial charge < -0.3 is 5.73 Å². The zero-order chi connectivity index (χ0) is 13.1. The van der Waals surface area contributed by atoms with Crippen molar-refractivity contribution in [2.24, 2.45) is 5.73 Å². The zero-order valence-corrected chi connectivity index (χ0v) is 12.0. The van der Waals surface area contributed by atoms with Crippen LogP contribution in [-0.2, 0) is 6.54 Å². The van der Waals surface area contributed by atoms with E-state index in [1.165, 1.54) is 6.07 Å². The summed E-state index contributed by atoms with van der Waals surface area (Å²) in [7, 11) is 0. The first-order chi connectivity index (χ1) is 8.56. The molecule has 1 fully saturated rings. The van der Waals surface area contributed by atoms with Gasteiger partial charge in [0.1, 0.15) is 0 Å². The average molecular weight is 306 g/mol. The summed E-state index contributed by atoms with van der Waals surface area (Å²) in [5.41, 5.74) is 6.68. The third-order valence-electron chi connectivity index (χ3n) is 3.17. The van der Waals surface area contributed by atoms with E-state index in [0.717, 1.165) is 25.9 Å². The summed E-state index contributed by atoms with van der Waals surface area (Å²) < 4.78 is 0. The normalized spacial score (nSPS) is 19.8. The summed E-state index contributed by atoms with van der Waals surface area (Å²) in [6.07, 6.45) is 2.06. The van der Waals surface area contributed by atoms with E-state index in [0.29, 0.717) is 17.1 Å². The minimum atomic E-state index is -0.366. The number of rotatable bonds is 3. The van der Waals surface area contributed by atoms with Gasteiger partial charge in [0.2, 0.25) is 0 Å². The van der Waals surface area contributed by atoms with Crippen LogP contribution in [0.1, 0.15) is 18.4 Å². The summed E-state index contributed by atoms with van der Waals surface area (Å²) in [6, 6.07) is 4.84. The summed E-state index contributed by atoms with van der Waals surface area (Å²) >= 11 is 5.90. The van der Waals surface area contributed by atoms with E-state index in [1.807, 2.05) is 0 Å². The second-order valence-corrected chi connectivity index (χ2v) is 5.10. The minimum Gasteiger partial charge on any atom is -0.327 e. The molecule has 0 unspecified atom stereocenters. The molecule has 1 atom stereocenters. The van der Waals surface area contributed by atoms with Gasteiger partial charge in [-0.05, 0) is 31.5 Å². The number of nitro benzene ring substituents is 1. The predicted molar refractivity (Wildman–Crippen MR) is 77.8 cm³/mol. The number of piperidine rings is 1. The summed E-state index contributed by atoms with van der Waals surface area (Å²) in [4.78, 5) is 12.7. The smallest absolute Gasteiger partial charge is 0.273 e. The molecule has 7 heteroatoms. The molecule has 0 saturated carbocycles. The predicted octanol–water partition coefficient (Wildman–Crippen LogP) is 2.59. The molecule has 0 radical (unpaired) electrons. The van der Waals surface area contributed by atoms with Gasteiger partial charge in [-0.1, -0.05) is 11.6 Å². The van der Waals surface area contributed by atoms with Gasteiger partial charge in [0.25, 0.3) is 5.69 Å². The van der Waals surface area contributed by atoms with Crippen molar-refractivity contribution in [3.05, 3.63) is 38.9 Å². The molecule has 1 aromatic rings. The number of halogens is 2. The third kappa shape index (κ3) is 4.31. The van der Waals surface area contributed by atoms with Crippen LogP contribution in [0.25, 0.3) is 0 Å². The maximum Gasteiger partial charge on any atom is 0.273 e. The number of nitrogens with two attached hydrogens (primary N) is 1. The van der Waals surface area contributed by atoms with Gasteiger partial charge in [0, 0.05) is 35.8 Å². The molecule has 1 saturated heterocycles. The third-order valence-corrected chi connectivity index (χ3v) is 3.41. The standard InChI is InChI=1S/C12H16ClN3O2.ClH/c13-10-3-4-12(16(17)18)9(6-10)7-15-5-1-2-11(14)8-15;/h3-4,6,11H,1-2,5,7-8,14H2;1H/t11-;/m1./s1. The Balaban J connectivity index is 0.00000180. The summed E-state index contributed by atoms with van der Waals surface area (Å²) in [6.45, 7) is 2.24. The molecule has 0 aromatic heterocycles. The molecule has 0 amide bonds. The van der Waals surface area contributed by atoms with E-state index < -0.39 is 0 Å². The van der Waals surface area contributed by atoms with Crippen LogP contribution in [0.3, 0.4) is 0 Å². The molecule has 1 aliphatic rings. The van der Waals surface area contributed by atoms with Gasteiger partial charge in [0.05, 0.1) is 4.92 Å². The van der Waals surface area contributed by atoms with Crippen molar-refractivity contribution in [2.45, 2.75) is 25.4 Å². The number of hydrogen-bond donors (Lipinski definition) is 1. The van der Waals surface area contributed by atoms with E-state index in [2.05, 4.69) is 4.90 Å². The first-order valence-electron chi connectivity index (χ1n) is 5.97. The largest absolute Gasteiger partial charge is 0.327 e. The van der Waals surface area contributed by atoms with Gasteiger partial charge in [-0.25, -0.2) is 0 Å². The van der Waals surface area contributed by atoms with Gasteiger partial charge in [-0.3, -0.25) is 15.0 Å². The molecule has 0 aliphatic carbocycles. The highest BCUT2D eigenvalue weighted by atomic mass is 35.5. The van der Waals surface area contributed by atoms with Crippen LogP contribution in [0.5, 0.6) is 0 Å². The lowest BCUT2D eigenvalue weighted by molar-refractivity contribution is -0.385. The van der Waals surface area contributed by atoms with E-state index in [4.69, 9.17) is 17.3 Å². The molecule has 1 aliphatic heterocycles. The minimum absolute atomic E-state index is 0. The van der Waals surface area contributed by atoms with Crippen molar-refractivity contribution in [3.8, 4) is 0 Å². The number of nitro groups is 1. The quantitative estimate of drug-likeness (QED) is 0.688. The SMILES string of the molecule is Cl.N[C@@H]1CCCN(Cc2cc(Cl)ccc2[N+](=O)[O-])C1. The highest BCUT2D eigenvalue weighted by Crippen LogP contribution is 2.25. The first-order valence-corrected chi connectivity index (χ1v) is 6.35. The Hall–Kier alpha value is -0.880. The lowest BCUT2D eigenvalue weighted by atomic mass is 10.1. The zero-order valence-electron chi connectivity index (χ0n) is 10.4. The number of benzene rings is 1. The Morgan fingerprint density at radius 1 is 1.53 bits per heavy atom. The molecule has 0 spiro atoms. The fourth-order valence-corrected chi connectivity index (χ4v) is 2.53. The van der Waals surface area contributed by atoms with Crippen molar-refractivity contribution in [2.75, 3.05) is 13.1 Å². The van der Waals surface area contributed by atoms with Crippen molar-refractivity contribution in [3.63, 3.8) is 0 Å². The monoisotopic (exact) mass is 305 g/mol. The van der Waals surface area contributed by atoms with Crippen molar-refractivity contribution in [1.82, 2.24) is 4.90 Å². The Morgan fingerprint density at radius 3 is 2.89 bits per heavy atom. The van der Waals surface area contributed by atoms with Crippen LogP contribution in [0.15, 0.2) is 18.2 Å². The van der Waals surface area contributed by atoms with Crippen LogP contribution in [0.2, 0.25) is 5.02 Å². The molecule has 2 N–H and O–H groups in total. The van der Waals surface area contributed by atoms with Gasteiger partial charge >= 0.3 is 0 Å². The van der Waals surface area contributed by atoms with E-state index in [1.54, 1.807) is 12.1 Å². The van der Waals surface area contributed by atoms with Crippen LogP contribution in [-0.4, -0.2) is 29.0 Å². The van der Waals surface area contributed by atoms with Gasteiger partial charge in [-0.2, -0.15) is 0 Å². The van der Waals surface area contributed by atoms with Crippen molar-refractivity contribution < 1.29 is 4.92 Å². The van der Waals surface area contributed by atoms with Crippen molar-refractivity contribution >= 4 is 29.7 Å². The lowest BCUT2D eigenvalue weighted by Gasteiger charge is -2.30. The van der Waals surface area contributed by atoms with Crippen molar-refractivity contribution in [1.29, 1.82) is 0 Å².